The lowest BCUT2D eigenvalue weighted by Crippen LogP contribution is -2.49. The molecule has 0 spiro atoms. The molecule has 0 unspecified atom stereocenters. The number of β-amino-alcohol motifs (C(OH)–C–C–N with tert-alkyl or cyclic N) is 1. The van der Waals surface area contributed by atoms with Crippen LogP contribution in [0.15, 0.2) is 24.3 Å². The molecule has 0 atom stereocenters. The Morgan fingerprint density at radius 3 is 2.67 bits per heavy atom. The molecule has 0 aliphatic carbocycles. The molecule has 1 aliphatic heterocycles. The number of aliphatic hydroxyl groups is 1. The quantitative estimate of drug-likeness (QED) is 0.892. The highest BCUT2D eigenvalue weighted by atomic mass is 16.3. The first-order valence-electron chi connectivity index (χ1n) is 7.40. The van der Waals surface area contributed by atoms with Crippen molar-refractivity contribution < 1.29 is 9.90 Å². The van der Waals surface area contributed by atoms with Crippen molar-refractivity contribution in [3.8, 4) is 0 Å². The number of amides is 1. The van der Waals surface area contributed by atoms with E-state index in [0.29, 0.717) is 6.54 Å². The number of rotatable bonds is 3. The lowest BCUT2D eigenvalue weighted by Gasteiger charge is -2.34. The Morgan fingerprint density at radius 1 is 1.24 bits per heavy atom. The van der Waals surface area contributed by atoms with Crippen LogP contribution in [-0.4, -0.2) is 65.1 Å². The standard InChI is InChI=1S/C16H21N3O2/c1-12-15(13-4-2-3-5-14(13)17-12)16(21)19-8-6-18(7-9-19)10-11-20/h2-5,17,20H,6-11H2,1H3. The van der Waals surface area contributed by atoms with Crippen molar-refractivity contribution in [2.75, 3.05) is 39.3 Å². The maximum absolute atomic E-state index is 12.8. The number of hydrogen-bond acceptors (Lipinski definition) is 3. The first-order valence-corrected chi connectivity index (χ1v) is 7.40. The predicted molar refractivity (Wildman–Crippen MR) is 82.5 cm³/mol. The van der Waals surface area contributed by atoms with E-state index < -0.39 is 0 Å². The van der Waals surface area contributed by atoms with Crippen molar-refractivity contribution in [2.24, 2.45) is 0 Å². The SMILES string of the molecule is Cc1[nH]c2ccccc2c1C(=O)N1CCN(CCO)CC1. The molecule has 2 heterocycles. The summed E-state index contributed by atoms with van der Waals surface area (Å²) in [6.07, 6.45) is 0. The van der Waals surface area contributed by atoms with Crippen LogP contribution in [0.25, 0.3) is 10.9 Å². The number of hydrogen-bond donors (Lipinski definition) is 2. The van der Waals surface area contributed by atoms with E-state index in [1.807, 2.05) is 36.1 Å². The van der Waals surface area contributed by atoms with E-state index in [1.54, 1.807) is 0 Å². The van der Waals surface area contributed by atoms with Gasteiger partial charge < -0.3 is 15.0 Å². The van der Waals surface area contributed by atoms with E-state index in [1.165, 1.54) is 0 Å². The van der Waals surface area contributed by atoms with E-state index in [0.717, 1.165) is 48.3 Å². The first kappa shape index (κ1) is 14.1. The van der Waals surface area contributed by atoms with E-state index in [2.05, 4.69) is 9.88 Å². The third-order valence-electron chi connectivity index (χ3n) is 4.18. The molecule has 0 bridgehead atoms. The van der Waals surface area contributed by atoms with Crippen LogP contribution < -0.4 is 0 Å². The van der Waals surface area contributed by atoms with Crippen molar-refractivity contribution in [2.45, 2.75) is 6.92 Å². The number of aromatic nitrogens is 1. The minimum atomic E-state index is 0.105. The number of nitrogens with one attached hydrogen (secondary N) is 1. The molecule has 5 nitrogen and oxygen atoms in total. The molecule has 5 heteroatoms. The second-order valence-corrected chi connectivity index (χ2v) is 5.53. The maximum atomic E-state index is 12.8. The molecule has 1 aliphatic rings. The van der Waals surface area contributed by atoms with Gasteiger partial charge in [-0.25, -0.2) is 0 Å². The molecule has 3 rings (SSSR count). The molecule has 2 N–H and O–H groups in total. The average molecular weight is 287 g/mol. The average Bonchev–Trinajstić information content (AvgIpc) is 2.83. The molecule has 0 saturated carbocycles. The van der Waals surface area contributed by atoms with Gasteiger partial charge in [-0.3, -0.25) is 9.69 Å². The molecule has 1 saturated heterocycles. The number of benzene rings is 1. The summed E-state index contributed by atoms with van der Waals surface area (Å²) in [5.41, 5.74) is 2.73. The van der Waals surface area contributed by atoms with Crippen molar-refractivity contribution in [1.82, 2.24) is 14.8 Å². The number of aliphatic hydroxyl groups excluding tert-OH is 1. The predicted octanol–water partition coefficient (Wildman–Crippen LogP) is 1.23. The molecule has 1 fully saturated rings. The lowest BCUT2D eigenvalue weighted by molar-refractivity contribution is 0.0616. The zero-order chi connectivity index (χ0) is 14.8. The normalized spacial score (nSPS) is 16.6. The Balaban J connectivity index is 1.80. The topological polar surface area (TPSA) is 59.6 Å². The number of fused-ring (bicyclic) bond motifs is 1. The zero-order valence-corrected chi connectivity index (χ0v) is 12.3. The number of aromatic amines is 1. The maximum Gasteiger partial charge on any atom is 0.256 e. The zero-order valence-electron chi connectivity index (χ0n) is 12.3. The van der Waals surface area contributed by atoms with Crippen molar-refractivity contribution in [3.63, 3.8) is 0 Å². The van der Waals surface area contributed by atoms with Gasteiger partial charge in [0.15, 0.2) is 0 Å². The van der Waals surface area contributed by atoms with Gasteiger partial charge in [0.1, 0.15) is 0 Å². The van der Waals surface area contributed by atoms with Crippen LogP contribution in [0.5, 0.6) is 0 Å². The number of H-pyrrole nitrogens is 1. The van der Waals surface area contributed by atoms with Crippen LogP contribution in [0, 0.1) is 6.92 Å². The number of carbonyl (C=O) groups is 1. The molecule has 1 amide bonds. The number of para-hydroxylation sites is 1. The number of aryl methyl sites for hydroxylation is 1. The van der Waals surface area contributed by atoms with Crippen LogP contribution in [0.3, 0.4) is 0 Å². The first-order chi connectivity index (χ1) is 10.2. The van der Waals surface area contributed by atoms with Crippen molar-refractivity contribution in [1.29, 1.82) is 0 Å². The minimum absolute atomic E-state index is 0.105. The number of carbonyl (C=O) groups excluding carboxylic acids is 1. The van der Waals surface area contributed by atoms with Gasteiger partial charge in [0.05, 0.1) is 12.2 Å². The Labute approximate surface area is 124 Å². The summed E-state index contributed by atoms with van der Waals surface area (Å²) in [5.74, 6) is 0.105. The third-order valence-corrected chi connectivity index (χ3v) is 4.18. The summed E-state index contributed by atoms with van der Waals surface area (Å²) >= 11 is 0. The second-order valence-electron chi connectivity index (χ2n) is 5.53. The lowest BCUT2D eigenvalue weighted by atomic mass is 10.1. The Kier molecular flexibility index (Phi) is 3.94. The fourth-order valence-electron chi connectivity index (χ4n) is 3.03. The molecular formula is C16H21N3O2. The summed E-state index contributed by atoms with van der Waals surface area (Å²) < 4.78 is 0. The van der Waals surface area contributed by atoms with Crippen molar-refractivity contribution in [3.05, 3.63) is 35.5 Å². The largest absolute Gasteiger partial charge is 0.395 e. The van der Waals surface area contributed by atoms with Gasteiger partial charge >= 0.3 is 0 Å². The van der Waals surface area contributed by atoms with Gasteiger partial charge in [0.2, 0.25) is 0 Å². The Bertz CT molecular complexity index is 642. The smallest absolute Gasteiger partial charge is 0.256 e. The third kappa shape index (κ3) is 2.66. The summed E-state index contributed by atoms with van der Waals surface area (Å²) in [6, 6.07) is 7.93. The molecule has 1 aromatic heterocycles. The van der Waals surface area contributed by atoms with Gasteiger partial charge in [-0.15, -0.1) is 0 Å². The van der Waals surface area contributed by atoms with Gasteiger partial charge in [-0.05, 0) is 13.0 Å². The van der Waals surface area contributed by atoms with Gasteiger partial charge in [-0.1, -0.05) is 18.2 Å². The van der Waals surface area contributed by atoms with Crippen LogP contribution in [0.1, 0.15) is 16.1 Å². The summed E-state index contributed by atoms with van der Waals surface area (Å²) in [4.78, 5) is 20.2. The van der Waals surface area contributed by atoms with E-state index >= 15 is 0 Å². The highest BCUT2D eigenvalue weighted by Gasteiger charge is 2.25. The highest BCUT2D eigenvalue weighted by Crippen LogP contribution is 2.23. The van der Waals surface area contributed by atoms with Crippen molar-refractivity contribution >= 4 is 16.8 Å². The van der Waals surface area contributed by atoms with Crippen LogP contribution in [-0.2, 0) is 0 Å². The summed E-state index contributed by atoms with van der Waals surface area (Å²) in [5, 5.41) is 9.97. The molecule has 0 radical (unpaired) electrons. The van der Waals surface area contributed by atoms with Gasteiger partial charge in [0.25, 0.3) is 5.91 Å². The monoisotopic (exact) mass is 287 g/mol. The molecule has 1 aromatic carbocycles. The fourth-order valence-corrected chi connectivity index (χ4v) is 3.03. The Morgan fingerprint density at radius 2 is 1.95 bits per heavy atom. The summed E-state index contributed by atoms with van der Waals surface area (Å²) in [6.45, 7) is 5.91. The summed E-state index contributed by atoms with van der Waals surface area (Å²) in [7, 11) is 0. The van der Waals surface area contributed by atoms with Gasteiger partial charge in [0, 0.05) is 49.3 Å². The number of piperazine rings is 1. The minimum Gasteiger partial charge on any atom is -0.395 e. The molecular weight excluding hydrogens is 266 g/mol. The second kappa shape index (κ2) is 5.87. The molecule has 112 valence electrons. The fraction of sp³-hybridized carbons (Fsp3) is 0.438. The highest BCUT2D eigenvalue weighted by molar-refractivity contribution is 6.08. The molecule has 21 heavy (non-hydrogen) atoms. The number of nitrogens with zero attached hydrogens (tertiary/aromatic N) is 2. The van der Waals surface area contributed by atoms with E-state index in [-0.39, 0.29) is 12.5 Å². The van der Waals surface area contributed by atoms with Crippen LogP contribution in [0.4, 0.5) is 0 Å². The molecule has 2 aromatic rings. The van der Waals surface area contributed by atoms with E-state index in [4.69, 9.17) is 5.11 Å². The van der Waals surface area contributed by atoms with E-state index in [9.17, 15) is 4.79 Å². The Hall–Kier alpha value is -1.85. The van der Waals surface area contributed by atoms with Gasteiger partial charge in [-0.2, -0.15) is 0 Å². The van der Waals surface area contributed by atoms with Crippen LogP contribution in [0.2, 0.25) is 0 Å². The van der Waals surface area contributed by atoms with Crippen LogP contribution >= 0.6 is 0 Å².